The number of carbonyl (C=O) groups is 1. The van der Waals surface area contributed by atoms with Gasteiger partial charge in [0, 0.05) is 19.6 Å². The first kappa shape index (κ1) is 19.5. The van der Waals surface area contributed by atoms with Gasteiger partial charge in [-0.3, -0.25) is 4.79 Å². The minimum absolute atomic E-state index is 0.0752. The predicted octanol–water partition coefficient (Wildman–Crippen LogP) is 0.0245. The minimum atomic E-state index is -3.37. The van der Waals surface area contributed by atoms with Crippen molar-refractivity contribution >= 4 is 15.9 Å². The number of methoxy groups -OCH3 is 2. The van der Waals surface area contributed by atoms with Gasteiger partial charge in [0.25, 0.3) is 0 Å². The van der Waals surface area contributed by atoms with Crippen LogP contribution in [0.25, 0.3) is 0 Å². The lowest BCUT2D eigenvalue weighted by molar-refractivity contribution is -0.120. The SMILES string of the molecule is COc1ccc(CC(=O)NCCS(=O)(=O)N2CCOCC2)cc1OC. The number of ether oxygens (including phenoxy) is 3. The number of benzene rings is 1. The van der Waals surface area contributed by atoms with Gasteiger partial charge in [0.2, 0.25) is 15.9 Å². The molecule has 140 valence electrons. The first-order valence-corrected chi connectivity index (χ1v) is 9.60. The number of sulfonamides is 1. The molecule has 1 fully saturated rings. The quantitative estimate of drug-likeness (QED) is 0.692. The fraction of sp³-hybridized carbons (Fsp3) is 0.562. The van der Waals surface area contributed by atoms with E-state index in [-0.39, 0.29) is 24.6 Å². The van der Waals surface area contributed by atoms with Crippen molar-refractivity contribution in [2.24, 2.45) is 0 Å². The minimum Gasteiger partial charge on any atom is -0.493 e. The number of nitrogens with one attached hydrogen (secondary N) is 1. The van der Waals surface area contributed by atoms with Crippen molar-refractivity contribution < 1.29 is 27.4 Å². The average Bonchev–Trinajstić information content (AvgIpc) is 2.62. The number of hydrogen-bond acceptors (Lipinski definition) is 6. The van der Waals surface area contributed by atoms with Crippen LogP contribution in [0.2, 0.25) is 0 Å². The maximum absolute atomic E-state index is 12.2. The molecule has 0 aliphatic carbocycles. The lowest BCUT2D eigenvalue weighted by atomic mass is 10.1. The van der Waals surface area contributed by atoms with Crippen LogP contribution in [-0.2, 0) is 26.0 Å². The molecular formula is C16H24N2O6S. The number of amides is 1. The van der Waals surface area contributed by atoms with Crippen molar-refractivity contribution in [1.29, 1.82) is 0 Å². The highest BCUT2D eigenvalue weighted by Gasteiger charge is 2.23. The summed E-state index contributed by atoms with van der Waals surface area (Å²) in [5, 5.41) is 2.64. The number of carbonyl (C=O) groups excluding carboxylic acids is 1. The van der Waals surface area contributed by atoms with Gasteiger partial charge in [-0.2, -0.15) is 4.31 Å². The maximum Gasteiger partial charge on any atom is 0.224 e. The third-order valence-corrected chi connectivity index (χ3v) is 5.73. The standard InChI is InChI=1S/C16H24N2O6S/c1-22-14-4-3-13(11-15(14)23-2)12-16(19)17-5-10-25(20,21)18-6-8-24-9-7-18/h3-4,11H,5-10,12H2,1-2H3,(H,17,19). The molecule has 0 unspecified atom stereocenters. The van der Waals surface area contributed by atoms with Gasteiger partial charge in [0.05, 0.1) is 39.6 Å². The molecule has 0 saturated carbocycles. The third kappa shape index (κ3) is 5.58. The van der Waals surface area contributed by atoms with Crippen molar-refractivity contribution in [2.45, 2.75) is 6.42 Å². The van der Waals surface area contributed by atoms with Gasteiger partial charge < -0.3 is 19.5 Å². The van der Waals surface area contributed by atoms with E-state index < -0.39 is 10.0 Å². The van der Waals surface area contributed by atoms with Crippen LogP contribution in [0.4, 0.5) is 0 Å². The van der Waals surface area contributed by atoms with Gasteiger partial charge in [-0.1, -0.05) is 6.07 Å². The van der Waals surface area contributed by atoms with E-state index in [9.17, 15) is 13.2 Å². The lowest BCUT2D eigenvalue weighted by Gasteiger charge is -2.26. The van der Waals surface area contributed by atoms with Gasteiger partial charge in [-0.15, -0.1) is 0 Å². The van der Waals surface area contributed by atoms with Crippen LogP contribution in [0.15, 0.2) is 18.2 Å². The number of rotatable bonds is 8. The summed E-state index contributed by atoms with van der Waals surface area (Å²) in [5.74, 6) is 0.764. The number of morpholine rings is 1. The van der Waals surface area contributed by atoms with Gasteiger partial charge in [0.15, 0.2) is 11.5 Å². The summed E-state index contributed by atoms with van der Waals surface area (Å²) in [7, 11) is -0.303. The molecule has 25 heavy (non-hydrogen) atoms. The Morgan fingerprint density at radius 1 is 1.20 bits per heavy atom. The summed E-state index contributed by atoms with van der Waals surface area (Å²) >= 11 is 0. The Hall–Kier alpha value is -1.84. The topological polar surface area (TPSA) is 94.2 Å². The van der Waals surface area contributed by atoms with Crippen molar-refractivity contribution in [3.8, 4) is 11.5 Å². The molecule has 0 atom stereocenters. The second-order valence-corrected chi connectivity index (χ2v) is 7.63. The average molecular weight is 372 g/mol. The Labute approximate surface area is 148 Å². The normalized spacial score (nSPS) is 15.6. The van der Waals surface area contributed by atoms with E-state index >= 15 is 0 Å². The lowest BCUT2D eigenvalue weighted by Crippen LogP contribution is -2.43. The van der Waals surface area contributed by atoms with E-state index in [2.05, 4.69) is 5.32 Å². The summed E-state index contributed by atoms with van der Waals surface area (Å²) in [5.41, 5.74) is 0.756. The molecule has 1 N–H and O–H groups in total. The Morgan fingerprint density at radius 3 is 2.52 bits per heavy atom. The van der Waals surface area contributed by atoms with E-state index in [4.69, 9.17) is 14.2 Å². The second-order valence-electron chi connectivity index (χ2n) is 5.54. The highest BCUT2D eigenvalue weighted by Crippen LogP contribution is 2.27. The molecule has 1 aliphatic rings. The fourth-order valence-electron chi connectivity index (χ4n) is 2.51. The molecule has 1 aliphatic heterocycles. The zero-order valence-electron chi connectivity index (χ0n) is 14.5. The Balaban J connectivity index is 1.82. The summed E-state index contributed by atoms with van der Waals surface area (Å²) in [4.78, 5) is 12.0. The summed E-state index contributed by atoms with van der Waals surface area (Å²) in [6, 6.07) is 5.22. The molecule has 1 saturated heterocycles. The highest BCUT2D eigenvalue weighted by atomic mass is 32.2. The molecular weight excluding hydrogens is 348 g/mol. The molecule has 1 aromatic carbocycles. The number of hydrogen-bond donors (Lipinski definition) is 1. The smallest absolute Gasteiger partial charge is 0.224 e. The van der Waals surface area contributed by atoms with Crippen LogP contribution >= 0.6 is 0 Å². The van der Waals surface area contributed by atoms with E-state index in [1.54, 1.807) is 25.3 Å². The molecule has 0 spiro atoms. The van der Waals surface area contributed by atoms with E-state index in [1.807, 2.05) is 0 Å². The van der Waals surface area contributed by atoms with E-state index in [0.29, 0.717) is 37.8 Å². The Morgan fingerprint density at radius 2 is 1.88 bits per heavy atom. The molecule has 8 nitrogen and oxygen atoms in total. The van der Waals surface area contributed by atoms with Crippen molar-refractivity contribution in [3.63, 3.8) is 0 Å². The second kappa shape index (κ2) is 9.02. The summed E-state index contributed by atoms with van der Waals surface area (Å²) < 4.78 is 41.2. The molecule has 1 heterocycles. The third-order valence-electron chi connectivity index (χ3n) is 3.86. The first-order valence-electron chi connectivity index (χ1n) is 7.99. The van der Waals surface area contributed by atoms with Crippen LogP contribution in [0.5, 0.6) is 11.5 Å². The Kier molecular flexibility index (Phi) is 7.03. The highest BCUT2D eigenvalue weighted by molar-refractivity contribution is 7.89. The van der Waals surface area contributed by atoms with E-state index in [1.165, 1.54) is 11.4 Å². The molecule has 1 aromatic rings. The maximum atomic E-state index is 12.2. The molecule has 0 aromatic heterocycles. The van der Waals surface area contributed by atoms with Crippen LogP contribution in [0, 0.1) is 0 Å². The summed E-state index contributed by atoms with van der Waals surface area (Å²) in [6.07, 6.45) is 0.137. The number of nitrogens with zero attached hydrogens (tertiary/aromatic N) is 1. The van der Waals surface area contributed by atoms with Crippen molar-refractivity contribution in [1.82, 2.24) is 9.62 Å². The van der Waals surface area contributed by atoms with Gasteiger partial charge in [-0.25, -0.2) is 8.42 Å². The fourth-order valence-corrected chi connectivity index (χ4v) is 3.84. The van der Waals surface area contributed by atoms with Gasteiger partial charge >= 0.3 is 0 Å². The van der Waals surface area contributed by atoms with Crippen LogP contribution in [0.1, 0.15) is 5.56 Å². The largest absolute Gasteiger partial charge is 0.493 e. The van der Waals surface area contributed by atoms with Crippen molar-refractivity contribution in [3.05, 3.63) is 23.8 Å². The van der Waals surface area contributed by atoms with Crippen molar-refractivity contribution in [2.75, 3.05) is 52.8 Å². The molecule has 0 radical (unpaired) electrons. The molecule has 2 rings (SSSR count). The Bertz CT molecular complexity index is 686. The van der Waals surface area contributed by atoms with Crippen LogP contribution < -0.4 is 14.8 Å². The van der Waals surface area contributed by atoms with E-state index in [0.717, 1.165) is 5.56 Å². The van der Waals surface area contributed by atoms with Gasteiger partial charge in [-0.05, 0) is 17.7 Å². The molecule has 0 bridgehead atoms. The summed E-state index contributed by atoms with van der Waals surface area (Å²) in [6.45, 7) is 1.62. The zero-order chi connectivity index (χ0) is 18.3. The molecule has 9 heteroatoms. The predicted molar refractivity (Wildman–Crippen MR) is 92.4 cm³/mol. The first-order chi connectivity index (χ1) is 12.0. The molecule has 1 amide bonds. The zero-order valence-corrected chi connectivity index (χ0v) is 15.3. The van der Waals surface area contributed by atoms with Crippen LogP contribution in [-0.4, -0.2) is 71.5 Å². The van der Waals surface area contributed by atoms with Gasteiger partial charge in [0.1, 0.15) is 0 Å². The van der Waals surface area contributed by atoms with Crippen LogP contribution in [0.3, 0.4) is 0 Å². The monoisotopic (exact) mass is 372 g/mol.